The second kappa shape index (κ2) is 10.5. The molecule has 184 valence electrons. The smallest absolute Gasteiger partial charge is 0.273 e. The third-order valence-corrected chi connectivity index (χ3v) is 7.48. The Morgan fingerprint density at radius 3 is 2.57 bits per heavy atom. The minimum atomic E-state index is -0.969. The van der Waals surface area contributed by atoms with Gasteiger partial charge in [-0.2, -0.15) is 4.37 Å². The summed E-state index contributed by atoms with van der Waals surface area (Å²) in [4.78, 5) is 41.5. The Bertz CT molecular complexity index is 1210. The fourth-order valence-corrected chi connectivity index (χ4v) is 5.70. The lowest BCUT2D eigenvalue weighted by Crippen LogP contribution is -2.45. The van der Waals surface area contributed by atoms with Gasteiger partial charge in [0.15, 0.2) is 11.7 Å². The fourth-order valence-electron chi connectivity index (χ4n) is 4.15. The number of primary amides is 1. The number of anilines is 2. The first-order valence-corrected chi connectivity index (χ1v) is 12.8. The number of carbonyl (C=O) groups excluding carboxylic acids is 3. The van der Waals surface area contributed by atoms with Gasteiger partial charge in [-0.1, -0.05) is 12.1 Å². The molecule has 0 spiro atoms. The Labute approximate surface area is 211 Å². The number of hydrogen-bond donors (Lipinski definition) is 3. The Hall–Kier alpha value is -3.28. The highest BCUT2D eigenvalue weighted by molar-refractivity contribution is 7.10. The number of ether oxygens (including phenoxy) is 1. The number of benzene rings is 1. The van der Waals surface area contributed by atoms with Gasteiger partial charge in [0.25, 0.3) is 11.8 Å². The van der Waals surface area contributed by atoms with E-state index in [1.165, 1.54) is 16.2 Å². The maximum absolute atomic E-state index is 14.0. The average molecular weight is 514 g/mol. The van der Waals surface area contributed by atoms with E-state index in [4.69, 9.17) is 16.2 Å². The van der Waals surface area contributed by atoms with Crippen LogP contribution in [0.5, 0.6) is 0 Å². The van der Waals surface area contributed by atoms with Gasteiger partial charge in [-0.05, 0) is 72.9 Å². The van der Waals surface area contributed by atoms with Gasteiger partial charge in [0.1, 0.15) is 4.88 Å². The number of aryl methyl sites for hydroxylation is 2. The number of carbonyl (C=O) groups is 3. The minimum absolute atomic E-state index is 0.0476. The summed E-state index contributed by atoms with van der Waals surface area (Å²) < 4.78 is 9.63. The summed E-state index contributed by atoms with van der Waals surface area (Å²) in [6, 6.07) is 8.33. The van der Waals surface area contributed by atoms with Crippen molar-refractivity contribution in [3.8, 4) is 0 Å². The Morgan fingerprint density at radius 2 is 2.00 bits per heavy atom. The lowest BCUT2D eigenvalue weighted by atomic mass is 10.1. The zero-order valence-corrected chi connectivity index (χ0v) is 21.1. The van der Waals surface area contributed by atoms with Crippen LogP contribution in [-0.4, -0.2) is 41.4 Å². The minimum Gasteiger partial charge on any atom is -0.395 e. The highest BCUT2D eigenvalue weighted by Gasteiger charge is 2.37. The molecule has 0 aliphatic carbocycles. The lowest BCUT2D eigenvalue weighted by Gasteiger charge is -2.31. The van der Waals surface area contributed by atoms with E-state index in [1.54, 1.807) is 0 Å². The van der Waals surface area contributed by atoms with Crippen LogP contribution in [0.4, 0.5) is 11.4 Å². The van der Waals surface area contributed by atoms with E-state index in [0.29, 0.717) is 23.7 Å². The first-order valence-electron chi connectivity index (χ1n) is 11.2. The Balaban J connectivity index is 1.79. The summed E-state index contributed by atoms with van der Waals surface area (Å²) in [5.74, 6) is -1.70. The number of nitrogens with two attached hydrogens (primary N) is 2. The molecule has 1 aliphatic rings. The summed E-state index contributed by atoms with van der Waals surface area (Å²) in [5.41, 5.74) is 13.6. The summed E-state index contributed by atoms with van der Waals surface area (Å²) in [6.07, 6.45) is 1.77. The van der Waals surface area contributed by atoms with E-state index in [2.05, 4.69) is 9.69 Å². The molecule has 3 amide bonds. The number of aromatic nitrogens is 1. The van der Waals surface area contributed by atoms with Gasteiger partial charge in [-0.15, -0.1) is 11.3 Å². The standard InChI is InChI=1S/C24H27N5O4S2/c1-13-9-14(2)11-15(10-13)29(24(32)21-18(25)19(22(26)30)28-35-21)20(17-6-4-8-34-17)23(31)27-12-16-5-3-7-33-16/h4,6,8-11,16,20H,3,5,7,12,25H2,1-2H3,(H2,26,30)(H,27,31)/t16-,20-/m1/s1. The highest BCUT2D eigenvalue weighted by atomic mass is 32.1. The Kier molecular flexibility index (Phi) is 7.48. The largest absolute Gasteiger partial charge is 0.395 e. The molecule has 2 aromatic heterocycles. The van der Waals surface area contributed by atoms with Gasteiger partial charge in [0, 0.05) is 23.7 Å². The van der Waals surface area contributed by atoms with Gasteiger partial charge in [0.05, 0.1) is 11.8 Å². The average Bonchev–Trinajstić information content (AvgIpc) is 3.56. The molecule has 0 bridgehead atoms. The fraction of sp³-hybridized carbons (Fsp3) is 0.333. The van der Waals surface area contributed by atoms with Crippen molar-refractivity contribution in [3.05, 3.63) is 62.3 Å². The number of nitrogens with zero attached hydrogens (tertiary/aromatic N) is 2. The van der Waals surface area contributed by atoms with Crippen LogP contribution < -0.4 is 21.7 Å². The number of rotatable bonds is 8. The van der Waals surface area contributed by atoms with Crippen molar-refractivity contribution in [2.45, 2.75) is 38.8 Å². The van der Waals surface area contributed by atoms with Crippen LogP contribution in [0, 0.1) is 13.8 Å². The van der Waals surface area contributed by atoms with Crippen LogP contribution in [0.2, 0.25) is 0 Å². The molecule has 4 rings (SSSR count). The van der Waals surface area contributed by atoms with E-state index in [-0.39, 0.29) is 28.3 Å². The van der Waals surface area contributed by atoms with Crippen LogP contribution >= 0.6 is 22.9 Å². The molecule has 1 fully saturated rings. The van der Waals surface area contributed by atoms with Crippen molar-refractivity contribution in [3.63, 3.8) is 0 Å². The topological polar surface area (TPSA) is 141 Å². The normalized spacial score (nSPS) is 16.1. The predicted octanol–water partition coefficient (Wildman–Crippen LogP) is 3.19. The highest BCUT2D eigenvalue weighted by Crippen LogP contribution is 2.35. The van der Waals surface area contributed by atoms with Gasteiger partial charge in [-0.25, -0.2) is 0 Å². The number of amides is 3. The first-order chi connectivity index (χ1) is 16.8. The molecule has 1 aliphatic heterocycles. The second-order valence-corrected chi connectivity index (χ2v) is 10.2. The molecule has 11 heteroatoms. The summed E-state index contributed by atoms with van der Waals surface area (Å²) in [7, 11) is 0. The number of nitrogens with one attached hydrogen (secondary N) is 1. The first kappa shape index (κ1) is 24.8. The second-order valence-electron chi connectivity index (χ2n) is 8.46. The predicted molar refractivity (Wildman–Crippen MR) is 137 cm³/mol. The van der Waals surface area contributed by atoms with Gasteiger partial charge >= 0.3 is 0 Å². The molecule has 3 aromatic rings. The zero-order chi connectivity index (χ0) is 25.1. The molecule has 5 N–H and O–H groups in total. The van der Waals surface area contributed by atoms with E-state index >= 15 is 0 Å². The summed E-state index contributed by atoms with van der Waals surface area (Å²) in [6.45, 7) is 4.87. The van der Waals surface area contributed by atoms with Crippen molar-refractivity contribution >= 4 is 52.0 Å². The maximum Gasteiger partial charge on any atom is 0.273 e. The Morgan fingerprint density at radius 1 is 1.26 bits per heavy atom. The van der Waals surface area contributed by atoms with Gasteiger partial charge < -0.3 is 21.5 Å². The maximum atomic E-state index is 14.0. The van der Waals surface area contributed by atoms with E-state index in [9.17, 15) is 14.4 Å². The van der Waals surface area contributed by atoms with Crippen molar-refractivity contribution in [1.82, 2.24) is 9.69 Å². The monoisotopic (exact) mass is 513 g/mol. The van der Waals surface area contributed by atoms with E-state index < -0.39 is 17.9 Å². The van der Waals surface area contributed by atoms with Crippen molar-refractivity contribution in [2.75, 3.05) is 23.8 Å². The van der Waals surface area contributed by atoms with Crippen molar-refractivity contribution < 1.29 is 19.1 Å². The third kappa shape index (κ3) is 5.37. The molecule has 3 heterocycles. The molecule has 0 unspecified atom stereocenters. The molecule has 9 nitrogen and oxygen atoms in total. The zero-order valence-electron chi connectivity index (χ0n) is 19.4. The molecule has 1 aromatic carbocycles. The molecule has 1 saturated heterocycles. The van der Waals surface area contributed by atoms with Crippen molar-refractivity contribution in [1.29, 1.82) is 0 Å². The SMILES string of the molecule is Cc1cc(C)cc(N(C(=O)c2snc(C(N)=O)c2N)[C@@H](C(=O)NC[C@H]2CCCO2)c2cccs2)c1. The van der Waals surface area contributed by atoms with Gasteiger partial charge in [-0.3, -0.25) is 19.3 Å². The lowest BCUT2D eigenvalue weighted by molar-refractivity contribution is -0.122. The molecule has 0 radical (unpaired) electrons. The molecule has 35 heavy (non-hydrogen) atoms. The van der Waals surface area contributed by atoms with Gasteiger partial charge in [0.2, 0.25) is 5.91 Å². The van der Waals surface area contributed by atoms with E-state index in [1.807, 2.05) is 49.6 Å². The van der Waals surface area contributed by atoms with Crippen LogP contribution in [0.3, 0.4) is 0 Å². The molecule has 0 saturated carbocycles. The molecular weight excluding hydrogens is 486 g/mol. The molecule has 2 atom stereocenters. The van der Waals surface area contributed by atoms with Crippen LogP contribution in [-0.2, 0) is 9.53 Å². The quantitative estimate of drug-likeness (QED) is 0.422. The number of thiophene rings is 1. The molecular formula is C24H27N5O4S2. The third-order valence-electron chi connectivity index (χ3n) is 5.71. The van der Waals surface area contributed by atoms with Crippen LogP contribution in [0.25, 0.3) is 0 Å². The van der Waals surface area contributed by atoms with E-state index in [0.717, 1.165) is 35.5 Å². The van der Waals surface area contributed by atoms with Crippen LogP contribution in [0.15, 0.2) is 35.7 Å². The number of hydrogen-bond acceptors (Lipinski definition) is 8. The van der Waals surface area contributed by atoms with Crippen molar-refractivity contribution in [2.24, 2.45) is 5.73 Å². The summed E-state index contributed by atoms with van der Waals surface area (Å²) >= 11 is 2.16. The van der Waals surface area contributed by atoms with Crippen LogP contribution in [0.1, 0.15) is 55.0 Å². The summed E-state index contributed by atoms with van der Waals surface area (Å²) in [5, 5.41) is 4.82. The number of nitrogen functional groups attached to an aromatic ring is 1.